The third-order valence-corrected chi connectivity index (χ3v) is 3.80. The predicted molar refractivity (Wildman–Crippen MR) is 89.1 cm³/mol. The number of hydrogen-bond acceptors (Lipinski definition) is 2. The molecule has 23 heavy (non-hydrogen) atoms. The van der Waals surface area contributed by atoms with Crippen molar-refractivity contribution in [3.8, 4) is 5.75 Å². The average molecular weight is 336 g/mol. The van der Waals surface area contributed by atoms with Crippen LogP contribution in [0, 0.1) is 5.82 Å². The summed E-state index contributed by atoms with van der Waals surface area (Å²) in [5, 5.41) is 3.48. The summed E-state index contributed by atoms with van der Waals surface area (Å²) in [4.78, 5) is 12.5. The first-order chi connectivity index (χ1) is 10.8. The highest BCUT2D eigenvalue weighted by molar-refractivity contribution is 6.31. The van der Waals surface area contributed by atoms with Gasteiger partial charge in [-0.3, -0.25) is 4.79 Å². The molecule has 3 nitrogen and oxygen atoms in total. The van der Waals surface area contributed by atoms with Crippen LogP contribution in [-0.4, -0.2) is 11.5 Å². The van der Waals surface area contributed by atoms with Gasteiger partial charge in [0.25, 0.3) is 5.91 Å². The molecule has 0 spiro atoms. The fraction of sp³-hybridized carbons (Fsp3) is 0.278. The topological polar surface area (TPSA) is 38.3 Å². The summed E-state index contributed by atoms with van der Waals surface area (Å²) in [5.41, 5.74) is -0.270. The van der Waals surface area contributed by atoms with Gasteiger partial charge in [-0.1, -0.05) is 29.8 Å². The minimum Gasteiger partial charge on any atom is -0.478 e. The molecule has 0 aliphatic rings. The van der Waals surface area contributed by atoms with Crippen molar-refractivity contribution in [3.63, 3.8) is 0 Å². The average Bonchev–Trinajstić information content (AvgIpc) is 2.49. The maximum Gasteiger partial charge on any atom is 0.264 e. The van der Waals surface area contributed by atoms with Crippen LogP contribution in [-0.2, 0) is 4.79 Å². The zero-order valence-corrected chi connectivity index (χ0v) is 14.0. The van der Waals surface area contributed by atoms with Gasteiger partial charge < -0.3 is 10.1 Å². The number of carbonyl (C=O) groups is 1. The van der Waals surface area contributed by atoms with Crippen molar-refractivity contribution in [3.05, 3.63) is 64.9 Å². The van der Waals surface area contributed by atoms with Crippen molar-refractivity contribution < 1.29 is 13.9 Å². The molecule has 2 aromatic carbocycles. The molecular formula is C18H19ClFNO2. The lowest BCUT2D eigenvalue weighted by molar-refractivity contribution is -0.134. The summed E-state index contributed by atoms with van der Waals surface area (Å²) >= 11 is 6.14. The van der Waals surface area contributed by atoms with Gasteiger partial charge in [-0.05, 0) is 56.7 Å². The summed E-state index contributed by atoms with van der Waals surface area (Å²) < 4.78 is 18.6. The molecule has 0 saturated heterocycles. The molecule has 0 aromatic heterocycles. The molecule has 1 N–H and O–H groups in total. The zero-order chi connectivity index (χ0) is 17.0. The molecule has 0 aliphatic carbocycles. The van der Waals surface area contributed by atoms with E-state index in [4.69, 9.17) is 16.3 Å². The molecule has 1 atom stereocenters. The molecule has 1 amide bonds. The van der Waals surface area contributed by atoms with Gasteiger partial charge in [0.05, 0.1) is 6.04 Å². The van der Waals surface area contributed by atoms with Gasteiger partial charge in [0.1, 0.15) is 11.6 Å². The Labute approximate surface area is 140 Å². The summed E-state index contributed by atoms with van der Waals surface area (Å²) in [7, 11) is 0. The van der Waals surface area contributed by atoms with Crippen molar-refractivity contribution in [2.45, 2.75) is 32.4 Å². The van der Waals surface area contributed by atoms with Crippen LogP contribution >= 0.6 is 11.6 Å². The standard InChI is InChI=1S/C18H19ClFNO2/c1-12(15-6-4-5-7-16(15)19)21-17(22)18(2,3)23-14-10-8-13(20)9-11-14/h4-12H,1-3H3,(H,21,22). The number of amides is 1. The van der Waals surface area contributed by atoms with E-state index in [0.29, 0.717) is 10.8 Å². The molecule has 0 aliphatic heterocycles. The largest absolute Gasteiger partial charge is 0.478 e. The molecule has 122 valence electrons. The fourth-order valence-corrected chi connectivity index (χ4v) is 2.42. The van der Waals surface area contributed by atoms with Crippen molar-refractivity contribution in [2.24, 2.45) is 0 Å². The van der Waals surface area contributed by atoms with E-state index in [-0.39, 0.29) is 17.8 Å². The van der Waals surface area contributed by atoms with Gasteiger partial charge in [-0.25, -0.2) is 4.39 Å². The van der Waals surface area contributed by atoms with Crippen LogP contribution in [0.1, 0.15) is 32.4 Å². The lowest BCUT2D eigenvalue weighted by atomic mass is 10.0. The minimum absolute atomic E-state index is 0.257. The summed E-state index contributed by atoms with van der Waals surface area (Å²) in [6.07, 6.45) is 0. The molecule has 1 unspecified atom stereocenters. The number of hydrogen-bond donors (Lipinski definition) is 1. The lowest BCUT2D eigenvalue weighted by Crippen LogP contribution is -2.47. The van der Waals surface area contributed by atoms with Gasteiger partial charge in [-0.2, -0.15) is 0 Å². The highest BCUT2D eigenvalue weighted by atomic mass is 35.5. The Morgan fingerprint density at radius 3 is 2.39 bits per heavy atom. The normalized spacial score (nSPS) is 12.6. The maximum absolute atomic E-state index is 12.9. The molecular weight excluding hydrogens is 317 g/mol. The molecule has 0 radical (unpaired) electrons. The van der Waals surface area contributed by atoms with Crippen LogP contribution in [0.4, 0.5) is 4.39 Å². The van der Waals surface area contributed by atoms with Crippen LogP contribution in [0.15, 0.2) is 48.5 Å². The fourth-order valence-electron chi connectivity index (χ4n) is 2.12. The van der Waals surface area contributed by atoms with E-state index in [0.717, 1.165) is 5.56 Å². The minimum atomic E-state index is -1.10. The summed E-state index contributed by atoms with van der Waals surface area (Å²) in [5.74, 6) is -0.210. The lowest BCUT2D eigenvalue weighted by Gasteiger charge is -2.27. The third-order valence-electron chi connectivity index (χ3n) is 3.45. The first kappa shape index (κ1) is 17.3. The quantitative estimate of drug-likeness (QED) is 0.872. The number of benzene rings is 2. The second kappa shape index (κ2) is 7.01. The van der Waals surface area contributed by atoms with Gasteiger partial charge in [0, 0.05) is 5.02 Å². The van der Waals surface area contributed by atoms with Crippen molar-refractivity contribution in [1.82, 2.24) is 5.32 Å². The van der Waals surface area contributed by atoms with E-state index in [9.17, 15) is 9.18 Å². The van der Waals surface area contributed by atoms with Crippen molar-refractivity contribution >= 4 is 17.5 Å². The van der Waals surface area contributed by atoms with Crippen LogP contribution in [0.3, 0.4) is 0 Å². The van der Waals surface area contributed by atoms with Gasteiger partial charge >= 0.3 is 0 Å². The van der Waals surface area contributed by atoms with Crippen LogP contribution in [0.2, 0.25) is 5.02 Å². The van der Waals surface area contributed by atoms with Gasteiger partial charge in [0.15, 0.2) is 5.60 Å². The smallest absolute Gasteiger partial charge is 0.264 e. The molecule has 2 rings (SSSR count). The van der Waals surface area contributed by atoms with Crippen LogP contribution in [0.25, 0.3) is 0 Å². The maximum atomic E-state index is 12.9. The predicted octanol–water partition coefficient (Wildman–Crippen LogP) is 4.51. The second-order valence-electron chi connectivity index (χ2n) is 5.78. The van der Waals surface area contributed by atoms with Crippen molar-refractivity contribution in [2.75, 3.05) is 0 Å². The Balaban J connectivity index is 2.06. The summed E-state index contributed by atoms with van der Waals surface area (Å²) in [6, 6.07) is 12.6. The third kappa shape index (κ3) is 4.45. The Morgan fingerprint density at radius 1 is 1.17 bits per heavy atom. The highest BCUT2D eigenvalue weighted by Gasteiger charge is 2.31. The SMILES string of the molecule is CC(NC(=O)C(C)(C)Oc1ccc(F)cc1)c1ccccc1Cl. The van der Waals surface area contributed by atoms with Crippen LogP contribution < -0.4 is 10.1 Å². The Bertz CT molecular complexity index is 686. The van der Waals surface area contributed by atoms with E-state index < -0.39 is 5.60 Å². The first-order valence-corrected chi connectivity index (χ1v) is 7.67. The van der Waals surface area contributed by atoms with Crippen molar-refractivity contribution in [1.29, 1.82) is 0 Å². The first-order valence-electron chi connectivity index (χ1n) is 7.29. The Kier molecular flexibility index (Phi) is 5.26. The van der Waals surface area contributed by atoms with E-state index in [1.165, 1.54) is 24.3 Å². The number of halogens is 2. The van der Waals surface area contributed by atoms with E-state index in [1.807, 2.05) is 25.1 Å². The second-order valence-corrected chi connectivity index (χ2v) is 6.19. The molecule has 5 heteroatoms. The Morgan fingerprint density at radius 2 is 1.78 bits per heavy atom. The van der Waals surface area contributed by atoms with Gasteiger partial charge in [-0.15, -0.1) is 0 Å². The monoisotopic (exact) mass is 335 g/mol. The molecule has 0 fully saturated rings. The van der Waals surface area contributed by atoms with E-state index in [2.05, 4.69) is 5.32 Å². The number of carbonyl (C=O) groups excluding carboxylic acids is 1. The zero-order valence-electron chi connectivity index (χ0n) is 13.3. The van der Waals surface area contributed by atoms with E-state index in [1.54, 1.807) is 19.9 Å². The number of ether oxygens (including phenoxy) is 1. The number of nitrogens with one attached hydrogen (secondary N) is 1. The molecule has 0 heterocycles. The van der Waals surface area contributed by atoms with Gasteiger partial charge in [0.2, 0.25) is 0 Å². The molecule has 0 bridgehead atoms. The molecule has 0 saturated carbocycles. The number of rotatable bonds is 5. The molecule has 2 aromatic rings. The summed E-state index contributed by atoms with van der Waals surface area (Å²) in [6.45, 7) is 5.17. The highest BCUT2D eigenvalue weighted by Crippen LogP contribution is 2.24. The van der Waals surface area contributed by atoms with E-state index >= 15 is 0 Å². The van der Waals surface area contributed by atoms with Crippen LogP contribution in [0.5, 0.6) is 5.75 Å². The Hall–Kier alpha value is -2.07.